The highest BCUT2D eigenvalue weighted by Gasteiger charge is 2.19. The Morgan fingerprint density at radius 1 is 1.20 bits per heavy atom. The molecule has 0 aromatic carbocycles. The predicted molar refractivity (Wildman–Crippen MR) is 92.2 cm³/mol. The third-order valence-electron chi connectivity index (χ3n) is 4.11. The van der Waals surface area contributed by atoms with Crippen molar-refractivity contribution in [3.63, 3.8) is 0 Å². The van der Waals surface area contributed by atoms with Crippen LogP contribution in [0.4, 0.5) is 0 Å². The first-order valence-electron chi connectivity index (χ1n) is 7.71. The summed E-state index contributed by atoms with van der Waals surface area (Å²) < 4.78 is 9.78. The molecular formula is C16H13N7OS. The topological polar surface area (TPSA) is 89.8 Å². The molecule has 1 N–H and O–H groups in total. The van der Waals surface area contributed by atoms with Crippen LogP contribution >= 0.6 is 11.3 Å². The number of fused-ring (bicyclic) bond motifs is 1. The molecule has 25 heavy (non-hydrogen) atoms. The third kappa shape index (κ3) is 2.28. The number of furan rings is 1. The number of hydrogen-bond donors (Lipinski definition) is 1. The Morgan fingerprint density at radius 3 is 2.96 bits per heavy atom. The molecular weight excluding hydrogens is 338 g/mol. The van der Waals surface area contributed by atoms with Crippen molar-refractivity contribution >= 4 is 16.3 Å². The van der Waals surface area contributed by atoms with Gasteiger partial charge in [-0.2, -0.15) is 10.2 Å². The average molecular weight is 351 g/mol. The first-order chi connectivity index (χ1) is 12.3. The Morgan fingerprint density at radius 2 is 2.12 bits per heavy atom. The van der Waals surface area contributed by atoms with Crippen LogP contribution in [0.1, 0.15) is 18.7 Å². The van der Waals surface area contributed by atoms with E-state index >= 15 is 0 Å². The van der Waals surface area contributed by atoms with Crippen LogP contribution in [0.3, 0.4) is 0 Å². The minimum Gasteiger partial charge on any atom is -0.451 e. The lowest BCUT2D eigenvalue weighted by Crippen LogP contribution is -2.07. The van der Waals surface area contributed by atoms with E-state index in [1.165, 1.54) is 11.3 Å². The van der Waals surface area contributed by atoms with E-state index in [9.17, 15) is 0 Å². The number of rotatable bonds is 4. The Hall–Kier alpha value is -3.20. The molecule has 0 spiro atoms. The van der Waals surface area contributed by atoms with Gasteiger partial charge in [0.05, 0.1) is 17.9 Å². The average Bonchev–Trinajstić information content (AvgIpc) is 3.43. The van der Waals surface area contributed by atoms with E-state index in [4.69, 9.17) is 4.42 Å². The highest BCUT2D eigenvalue weighted by Crippen LogP contribution is 2.29. The molecule has 0 aliphatic rings. The quantitative estimate of drug-likeness (QED) is 0.537. The fourth-order valence-corrected chi connectivity index (χ4v) is 3.42. The van der Waals surface area contributed by atoms with E-state index in [-0.39, 0.29) is 6.04 Å². The van der Waals surface area contributed by atoms with Gasteiger partial charge in [0, 0.05) is 18.6 Å². The number of aromatic nitrogens is 7. The number of H-pyrrole nitrogens is 1. The van der Waals surface area contributed by atoms with Crippen molar-refractivity contribution in [1.82, 2.24) is 34.3 Å². The summed E-state index contributed by atoms with van der Waals surface area (Å²) in [4.78, 5) is 9.98. The van der Waals surface area contributed by atoms with E-state index in [0.717, 1.165) is 27.9 Å². The highest BCUT2D eigenvalue weighted by atomic mass is 32.1. The second-order valence-electron chi connectivity index (χ2n) is 5.60. The van der Waals surface area contributed by atoms with Crippen molar-refractivity contribution in [2.45, 2.75) is 13.0 Å². The molecule has 0 fully saturated rings. The minimum atomic E-state index is 0.00658. The second-order valence-corrected chi connectivity index (χ2v) is 6.41. The molecule has 8 nitrogen and oxygen atoms in total. The molecule has 9 heteroatoms. The monoisotopic (exact) mass is 351 g/mol. The zero-order valence-electron chi connectivity index (χ0n) is 13.2. The van der Waals surface area contributed by atoms with Gasteiger partial charge >= 0.3 is 0 Å². The fourth-order valence-electron chi connectivity index (χ4n) is 2.81. The van der Waals surface area contributed by atoms with Gasteiger partial charge in [-0.15, -0.1) is 0 Å². The van der Waals surface area contributed by atoms with Gasteiger partial charge in [0.1, 0.15) is 11.2 Å². The number of imidazole rings is 2. The normalized spacial score (nSPS) is 12.8. The maximum Gasteiger partial charge on any atom is 0.212 e. The van der Waals surface area contributed by atoms with Gasteiger partial charge in [-0.3, -0.25) is 5.10 Å². The molecule has 0 amide bonds. The standard InChI is InChI=1S/C16H13N7OS/c1-10(12-8-23-16(20-12)25-9-19-23)22-7-6-17-15(22)14-3-2-13(24-14)11-4-5-18-21-11/h2-10H,1H3,(H,18,21)/t10-/m1/s1. The predicted octanol–water partition coefficient (Wildman–Crippen LogP) is 3.25. The maximum absolute atomic E-state index is 5.95. The van der Waals surface area contributed by atoms with Gasteiger partial charge in [0.25, 0.3) is 0 Å². The van der Waals surface area contributed by atoms with Gasteiger partial charge < -0.3 is 8.98 Å². The van der Waals surface area contributed by atoms with Crippen LogP contribution in [0.25, 0.3) is 28.0 Å². The van der Waals surface area contributed by atoms with E-state index in [2.05, 4.69) is 32.2 Å². The Bertz CT molecular complexity index is 1100. The summed E-state index contributed by atoms with van der Waals surface area (Å²) in [6.07, 6.45) is 7.33. The summed E-state index contributed by atoms with van der Waals surface area (Å²) in [5, 5.41) is 11.1. The highest BCUT2D eigenvalue weighted by molar-refractivity contribution is 7.14. The lowest BCUT2D eigenvalue weighted by molar-refractivity contribution is 0.567. The molecule has 0 saturated carbocycles. The van der Waals surface area contributed by atoms with Gasteiger partial charge in [-0.25, -0.2) is 14.5 Å². The summed E-state index contributed by atoms with van der Waals surface area (Å²) in [7, 11) is 0. The van der Waals surface area contributed by atoms with Crippen LogP contribution in [0.15, 0.2) is 52.9 Å². The molecule has 1 atom stereocenters. The summed E-state index contributed by atoms with van der Waals surface area (Å²) in [5.74, 6) is 2.17. The number of hydrogen-bond acceptors (Lipinski definition) is 6. The number of nitrogens with one attached hydrogen (secondary N) is 1. The molecule has 124 valence electrons. The number of nitrogens with zero attached hydrogens (tertiary/aromatic N) is 6. The molecule has 5 aromatic heterocycles. The summed E-state index contributed by atoms with van der Waals surface area (Å²) in [6, 6.07) is 5.69. The lowest BCUT2D eigenvalue weighted by atomic mass is 10.2. The van der Waals surface area contributed by atoms with Gasteiger partial charge in [-0.05, 0) is 25.1 Å². The first-order valence-corrected chi connectivity index (χ1v) is 8.59. The molecule has 0 aliphatic carbocycles. The fraction of sp³-hybridized carbons (Fsp3) is 0.125. The van der Waals surface area contributed by atoms with Gasteiger partial charge in [0.15, 0.2) is 17.3 Å². The Kier molecular flexibility index (Phi) is 3.07. The zero-order valence-corrected chi connectivity index (χ0v) is 14.0. The van der Waals surface area contributed by atoms with Crippen molar-refractivity contribution < 1.29 is 4.42 Å². The Labute approximate surface area is 145 Å². The first kappa shape index (κ1) is 14.2. The van der Waals surface area contributed by atoms with E-state index in [0.29, 0.717) is 5.76 Å². The molecule has 5 rings (SSSR count). The summed E-state index contributed by atoms with van der Waals surface area (Å²) in [6.45, 7) is 2.08. The maximum atomic E-state index is 5.95. The lowest BCUT2D eigenvalue weighted by Gasteiger charge is -2.13. The SMILES string of the molecule is C[C@H](c1cn2ncsc2n1)n1ccnc1-c1ccc(-c2ccn[nH]2)o1. The van der Waals surface area contributed by atoms with Crippen molar-refractivity contribution in [3.8, 4) is 23.0 Å². The van der Waals surface area contributed by atoms with Crippen molar-refractivity contribution in [3.05, 3.63) is 54.2 Å². The summed E-state index contributed by atoms with van der Waals surface area (Å²) >= 11 is 1.51. The van der Waals surface area contributed by atoms with E-state index < -0.39 is 0 Å². The molecule has 0 saturated heterocycles. The van der Waals surface area contributed by atoms with Gasteiger partial charge in [0.2, 0.25) is 4.96 Å². The minimum absolute atomic E-state index is 0.00658. The molecule has 5 aromatic rings. The molecule has 5 heterocycles. The van der Waals surface area contributed by atoms with Gasteiger partial charge in [-0.1, -0.05) is 11.3 Å². The Balaban J connectivity index is 1.52. The molecule has 0 radical (unpaired) electrons. The van der Waals surface area contributed by atoms with Crippen LogP contribution in [0, 0.1) is 0 Å². The van der Waals surface area contributed by atoms with E-state index in [1.54, 1.807) is 22.4 Å². The van der Waals surface area contributed by atoms with Crippen molar-refractivity contribution in [2.75, 3.05) is 0 Å². The zero-order chi connectivity index (χ0) is 16.8. The van der Waals surface area contributed by atoms with Crippen LogP contribution in [0.5, 0.6) is 0 Å². The van der Waals surface area contributed by atoms with E-state index in [1.807, 2.05) is 35.2 Å². The van der Waals surface area contributed by atoms with Crippen LogP contribution in [-0.4, -0.2) is 34.3 Å². The van der Waals surface area contributed by atoms with Crippen molar-refractivity contribution in [1.29, 1.82) is 0 Å². The van der Waals surface area contributed by atoms with Crippen LogP contribution < -0.4 is 0 Å². The second kappa shape index (κ2) is 5.42. The summed E-state index contributed by atoms with van der Waals surface area (Å²) in [5.41, 5.74) is 3.54. The molecule has 0 unspecified atom stereocenters. The third-order valence-corrected chi connectivity index (χ3v) is 4.80. The number of aromatic amines is 1. The largest absolute Gasteiger partial charge is 0.451 e. The van der Waals surface area contributed by atoms with Crippen LogP contribution in [0.2, 0.25) is 0 Å². The van der Waals surface area contributed by atoms with Crippen LogP contribution in [-0.2, 0) is 0 Å². The smallest absolute Gasteiger partial charge is 0.212 e. The molecule has 0 bridgehead atoms. The van der Waals surface area contributed by atoms with Crippen molar-refractivity contribution in [2.24, 2.45) is 0 Å². The molecule has 0 aliphatic heterocycles.